The zero-order chi connectivity index (χ0) is 13.5. The van der Waals surface area contributed by atoms with Gasteiger partial charge in [-0.2, -0.15) is 0 Å². The van der Waals surface area contributed by atoms with E-state index in [1.165, 1.54) is 0 Å². The lowest BCUT2D eigenvalue weighted by Gasteiger charge is -2.21. The van der Waals surface area contributed by atoms with Crippen molar-refractivity contribution in [3.63, 3.8) is 0 Å². The van der Waals surface area contributed by atoms with Crippen LogP contribution >= 0.6 is 0 Å². The molecular formula is C14H21N3O2. The topological polar surface area (TPSA) is 63.2 Å². The number of methoxy groups -OCH3 is 1. The molecule has 0 aliphatic carbocycles. The van der Waals surface area contributed by atoms with E-state index in [9.17, 15) is 4.79 Å². The summed E-state index contributed by atoms with van der Waals surface area (Å²) in [5.74, 6) is 1.19. The number of carbonyl (C=O) groups is 1. The van der Waals surface area contributed by atoms with Gasteiger partial charge in [-0.15, -0.1) is 0 Å². The lowest BCUT2D eigenvalue weighted by Crippen LogP contribution is -2.32. The number of amides is 1. The summed E-state index contributed by atoms with van der Waals surface area (Å²) in [4.78, 5) is 16.0. The first-order valence-corrected chi connectivity index (χ1v) is 6.75. The van der Waals surface area contributed by atoms with Crippen LogP contribution in [0.2, 0.25) is 0 Å². The van der Waals surface area contributed by atoms with Crippen molar-refractivity contribution in [3.05, 3.63) is 23.9 Å². The largest absolute Gasteiger partial charge is 0.481 e. The molecule has 2 N–H and O–H groups in total. The Morgan fingerprint density at radius 3 is 3.05 bits per heavy atom. The van der Waals surface area contributed by atoms with Crippen LogP contribution in [0.1, 0.15) is 24.8 Å². The molecule has 1 aliphatic rings. The monoisotopic (exact) mass is 263 g/mol. The van der Waals surface area contributed by atoms with Gasteiger partial charge in [-0.05, 0) is 37.9 Å². The van der Waals surface area contributed by atoms with Crippen LogP contribution in [-0.4, -0.2) is 31.1 Å². The molecule has 104 valence electrons. The van der Waals surface area contributed by atoms with E-state index in [0.29, 0.717) is 24.8 Å². The van der Waals surface area contributed by atoms with Gasteiger partial charge < -0.3 is 15.4 Å². The van der Waals surface area contributed by atoms with Gasteiger partial charge in [0.2, 0.25) is 11.8 Å². The quantitative estimate of drug-likeness (QED) is 0.835. The number of hydrogen-bond acceptors (Lipinski definition) is 4. The lowest BCUT2D eigenvalue weighted by molar-refractivity contribution is -0.122. The SMILES string of the molecule is COc1ncccc1CNC(=O)CC1CCNCC1. The van der Waals surface area contributed by atoms with Crippen LogP contribution < -0.4 is 15.4 Å². The molecule has 1 aromatic rings. The number of hydrogen-bond donors (Lipinski definition) is 2. The van der Waals surface area contributed by atoms with Gasteiger partial charge >= 0.3 is 0 Å². The maximum Gasteiger partial charge on any atom is 0.220 e. The molecule has 0 radical (unpaired) electrons. The van der Waals surface area contributed by atoms with Crippen LogP contribution in [0.25, 0.3) is 0 Å². The number of rotatable bonds is 5. The molecule has 0 unspecified atom stereocenters. The van der Waals surface area contributed by atoms with Gasteiger partial charge in [-0.1, -0.05) is 6.07 Å². The standard InChI is InChI=1S/C14H21N3O2/c1-19-14-12(3-2-6-16-14)10-17-13(18)9-11-4-7-15-8-5-11/h2-3,6,11,15H,4-5,7-10H2,1H3,(H,17,18). The minimum atomic E-state index is 0.109. The first kappa shape index (κ1) is 13.8. The van der Waals surface area contributed by atoms with E-state index in [-0.39, 0.29) is 5.91 Å². The Morgan fingerprint density at radius 2 is 2.32 bits per heavy atom. The maximum absolute atomic E-state index is 11.9. The molecule has 1 aliphatic heterocycles. The summed E-state index contributed by atoms with van der Waals surface area (Å²) in [5, 5.41) is 6.25. The highest BCUT2D eigenvalue weighted by atomic mass is 16.5. The van der Waals surface area contributed by atoms with Crippen molar-refractivity contribution in [2.24, 2.45) is 5.92 Å². The van der Waals surface area contributed by atoms with Gasteiger partial charge in [0.15, 0.2) is 0 Å². The molecule has 2 rings (SSSR count). The number of nitrogens with zero attached hydrogens (tertiary/aromatic N) is 1. The van der Waals surface area contributed by atoms with E-state index in [1.807, 2.05) is 12.1 Å². The molecular weight excluding hydrogens is 242 g/mol. The molecule has 19 heavy (non-hydrogen) atoms. The summed E-state index contributed by atoms with van der Waals surface area (Å²) < 4.78 is 5.16. The molecule has 0 aromatic carbocycles. The fourth-order valence-electron chi connectivity index (χ4n) is 2.36. The van der Waals surface area contributed by atoms with E-state index in [0.717, 1.165) is 31.5 Å². The fourth-order valence-corrected chi connectivity index (χ4v) is 2.36. The molecule has 1 saturated heterocycles. The van der Waals surface area contributed by atoms with Gasteiger partial charge in [-0.25, -0.2) is 4.98 Å². The van der Waals surface area contributed by atoms with Gasteiger partial charge in [0.05, 0.1) is 7.11 Å². The Labute approximate surface area is 113 Å². The van der Waals surface area contributed by atoms with Gasteiger partial charge in [-0.3, -0.25) is 4.79 Å². The van der Waals surface area contributed by atoms with Crippen LogP contribution in [0.15, 0.2) is 18.3 Å². The zero-order valence-electron chi connectivity index (χ0n) is 11.3. The summed E-state index contributed by atoms with van der Waals surface area (Å²) in [5.41, 5.74) is 0.906. The predicted octanol–water partition coefficient (Wildman–Crippen LogP) is 1.10. The highest BCUT2D eigenvalue weighted by molar-refractivity contribution is 5.76. The fraction of sp³-hybridized carbons (Fsp3) is 0.571. The molecule has 1 amide bonds. The van der Waals surface area contributed by atoms with Crippen molar-refractivity contribution >= 4 is 5.91 Å². The van der Waals surface area contributed by atoms with Crippen molar-refractivity contribution < 1.29 is 9.53 Å². The second kappa shape index (κ2) is 7.09. The van der Waals surface area contributed by atoms with E-state index < -0.39 is 0 Å². The minimum Gasteiger partial charge on any atom is -0.481 e. The first-order valence-electron chi connectivity index (χ1n) is 6.75. The van der Waals surface area contributed by atoms with Crippen LogP contribution in [0, 0.1) is 5.92 Å². The minimum absolute atomic E-state index is 0.109. The Balaban J connectivity index is 1.79. The molecule has 0 atom stereocenters. The summed E-state index contributed by atoms with van der Waals surface area (Å²) in [6.07, 6.45) is 4.47. The van der Waals surface area contributed by atoms with Crippen LogP contribution in [0.5, 0.6) is 5.88 Å². The Kier molecular flexibility index (Phi) is 5.15. The summed E-state index contributed by atoms with van der Waals surface area (Å²) >= 11 is 0. The van der Waals surface area contributed by atoms with Crippen molar-refractivity contribution in [1.29, 1.82) is 0 Å². The van der Waals surface area contributed by atoms with Crippen molar-refractivity contribution in [2.45, 2.75) is 25.8 Å². The Morgan fingerprint density at radius 1 is 1.53 bits per heavy atom. The molecule has 0 bridgehead atoms. The van der Waals surface area contributed by atoms with Gasteiger partial charge in [0.1, 0.15) is 0 Å². The number of pyridine rings is 1. The Bertz CT molecular complexity index is 417. The number of piperidine rings is 1. The highest BCUT2D eigenvalue weighted by Gasteiger charge is 2.16. The lowest BCUT2D eigenvalue weighted by atomic mass is 9.94. The number of carbonyl (C=O) groups excluding carboxylic acids is 1. The van der Waals surface area contributed by atoms with Crippen molar-refractivity contribution in [3.8, 4) is 5.88 Å². The molecule has 1 aromatic heterocycles. The molecule has 0 saturated carbocycles. The number of nitrogens with one attached hydrogen (secondary N) is 2. The highest BCUT2D eigenvalue weighted by Crippen LogP contribution is 2.16. The van der Waals surface area contributed by atoms with Crippen LogP contribution in [-0.2, 0) is 11.3 Å². The zero-order valence-corrected chi connectivity index (χ0v) is 11.3. The van der Waals surface area contributed by atoms with E-state index in [4.69, 9.17) is 4.74 Å². The van der Waals surface area contributed by atoms with Crippen molar-refractivity contribution in [1.82, 2.24) is 15.6 Å². The normalized spacial score (nSPS) is 16.1. The Hall–Kier alpha value is -1.62. The second-order valence-corrected chi connectivity index (χ2v) is 4.85. The average Bonchev–Trinajstić information content (AvgIpc) is 2.46. The maximum atomic E-state index is 11.9. The first-order chi connectivity index (χ1) is 9.29. The van der Waals surface area contributed by atoms with Crippen LogP contribution in [0.3, 0.4) is 0 Å². The van der Waals surface area contributed by atoms with E-state index >= 15 is 0 Å². The summed E-state index contributed by atoms with van der Waals surface area (Å²) in [7, 11) is 1.59. The summed E-state index contributed by atoms with van der Waals surface area (Å²) in [6, 6.07) is 3.76. The molecule has 2 heterocycles. The summed E-state index contributed by atoms with van der Waals surface area (Å²) in [6.45, 7) is 2.52. The molecule has 0 spiro atoms. The van der Waals surface area contributed by atoms with E-state index in [1.54, 1.807) is 13.3 Å². The molecule has 5 nitrogen and oxygen atoms in total. The third-order valence-electron chi connectivity index (χ3n) is 3.45. The predicted molar refractivity (Wildman–Crippen MR) is 72.8 cm³/mol. The number of ether oxygens (including phenoxy) is 1. The van der Waals surface area contributed by atoms with Crippen molar-refractivity contribution in [2.75, 3.05) is 20.2 Å². The smallest absolute Gasteiger partial charge is 0.220 e. The molecule has 1 fully saturated rings. The number of aromatic nitrogens is 1. The van der Waals surface area contributed by atoms with Gasteiger partial charge in [0.25, 0.3) is 0 Å². The third-order valence-corrected chi connectivity index (χ3v) is 3.45. The second-order valence-electron chi connectivity index (χ2n) is 4.85. The third kappa shape index (κ3) is 4.21. The van der Waals surface area contributed by atoms with E-state index in [2.05, 4.69) is 15.6 Å². The van der Waals surface area contributed by atoms with Gasteiger partial charge in [0, 0.05) is 24.7 Å². The van der Waals surface area contributed by atoms with Crippen LogP contribution in [0.4, 0.5) is 0 Å². The molecule has 5 heteroatoms. The average molecular weight is 263 g/mol.